The summed E-state index contributed by atoms with van der Waals surface area (Å²) >= 11 is 0. The highest BCUT2D eigenvalue weighted by molar-refractivity contribution is 7.89. The summed E-state index contributed by atoms with van der Waals surface area (Å²) in [6.07, 6.45) is 3.30. The minimum absolute atomic E-state index is 0.367. The fraction of sp³-hybridized carbons (Fsp3) is 0.524. The van der Waals surface area contributed by atoms with E-state index in [2.05, 4.69) is 21.7 Å². The maximum Gasteiger partial charge on any atom is 0.243 e. The van der Waals surface area contributed by atoms with Crippen molar-refractivity contribution in [3.63, 3.8) is 0 Å². The maximum atomic E-state index is 13.0. The molecule has 0 bridgehead atoms. The second kappa shape index (κ2) is 8.28. The van der Waals surface area contributed by atoms with Crippen LogP contribution in [0, 0.1) is 6.92 Å². The Kier molecular flexibility index (Phi) is 5.74. The summed E-state index contributed by atoms with van der Waals surface area (Å²) in [5.41, 5.74) is 2.09. The van der Waals surface area contributed by atoms with E-state index in [0.717, 1.165) is 36.6 Å². The first-order chi connectivity index (χ1) is 14.0. The van der Waals surface area contributed by atoms with Gasteiger partial charge in [0.1, 0.15) is 5.82 Å². The summed E-state index contributed by atoms with van der Waals surface area (Å²) in [7, 11) is -3.46. The lowest BCUT2D eigenvalue weighted by Crippen LogP contribution is -2.49. The molecule has 29 heavy (non-hydrogen) atoms. The Labute approximate surface area is 173 Å². The molecule has 0 aliphatic carbocycles. The van der Waals surface area contributed by atoms with Gasteiger partial charge in [0, 0.05) is 51.0 Å². The summed E-state index contributed by atoms with van der Waals surface area (Å²) in [6, 6.07) is 9.25. The van der Waals surface area contributed by atoms with Gasteiger partial charge in [-0.3, -0.25) is 0 Å². The van der Waals surface area contributed by atoms with Crippen molar-refractivity contribution in [3.8, 4) is 0 Å². The van der Waals surface area contributed by atoms with Crippen molar-refractivity contribution in [2.45, 2.75) is 38.0 Å². The van der Waals surface area contributed by atoms with Crippen LogP contribution in [0.2, 0.25) is 0 Å². The SMILES string of the molecule is CCc1ccc(S(=O)(=O)N2CCN(c3nc(C)cc(N4CCCC4)n3)CC2)cc1. The largest absolute Gasteiger partial charge is 0.356 e. The highest BCUT2D eigenvalue weighted by atomic mass is 32.2. The molecule has 7 nitrogen and oxygen atoms in total. The van der Waals surface area contributed by atoms with Crippen LogP contribution in [0.25, 0.3) is 0 Å². The number of benzene rings is 1. The lowest BCUT2D eigenvalue weighted by molar-refractivity contribution is 0.382. The Morgan fingerprint density at radius 3 is 2.17 bits per heavy atom. The van der Waals surface area contributed by atoms with Crippen molar-refractivity contribution in [3.05, 3.63) is 41.6 Å². The van der Waals surface area contributed by atoms with Crippen LogP contribution in [0.1, 0.15) is 31.0 Å². The Morgan fingerprint density at radius 1 is 0.897 bits per heavy atom. The molecular weight excluding hydrogens is 386 g/mol. The molecule has 156 valence electrons. The standard InChI is InChI=1S/C21H29N5O2S/c1-3-18-6-8-19(9-7-18)29(27,28)26-14-12-25(13-15-26)21-22-17(2)16-20(23-21)24-10-4-5-11-24/h6-9,16H,3-5,10-15H2,1-2H3. The van der Waals surface area contributed by atoms with Crippen LogP contribution in [0.3, 0.4) is 0 Å². The second-order valence-corrected chi connectivity index (χ2v) is 9.69. The molecule has 2 aliphatic heterocycles. The molecule has 0 N–H and O–H groups in total. The number of hydrogen-bond donors (Lipinski definition) is 0. The topological polar surface area (TPSA) is 69.6 Å². The Hall–Kier alpha value is -2.19. The lowest BCUT2D eigenvalue weighted by Gasteiger charge is -2.34. The van der Waals surface area contributed by atoms with E-state index in [1.165, 1.54) is 12.8 Å². The molecule has 0 amide bonds. The first-order valence-electron chi connectivity index (χ1n) is 10.4. The second-order valence-electron chi connectivity index (χ2n) is 7.75. The summed E-state index contributed by atoms with van der Waals surface area (Å²) in [4.78, 5) is 14.2. The lowest BCUT2D eigenvalue weighted by atomic mass is 10.2. The van der Waals surface area contributed by atoms with Crippen LogP contribution in [0.15, 0.2) is 35.2 Å². The molecule has 0 spiro atoms. The number of aromatic nitrogens is 2. The first kappa shape index (κ1) is 20.1. The van der Waals surface area contributed by atoms with E-state index in [4.69, 9.17) is 4.98 Å². The minimum Gasteiger partial charge on any atom is -0.356 e. The average molecular weight is 416 g/mol. The van der Waals surface area contributed by atoms with Gasteiger partial charge in [-0.15, -0.1) is 0 Å². The number of piperazine rings is 1. The number of anilines is 2. The van der Waals surface area contributed by atoms with E-state index in [1.54, 1.807) is 16.4 Å². The zero-order chi connectivity index (χ0) is 20.4. The van der Waals surface area contributed by atoms with Crippen molar-refractivity contribution >= 4 is 21.8 Å². The number of nitrogens with zero attached hydrogens (tertiary/aromatic N) is 5. The third-order valence-corrected chi connectivity index (χ3v) is 7.66. The Balaban J connectivity index is 1.46. The molecule has 0 unspecified atom stereocenters. The van der Waals surface area contributed by atoms with E-state index in [9.17, 15) is 8.42 Å². The van der Waals surface area contributed by atoms with Crippen LogP contribution in [-0.2, 0) is 16.4 Å². The van der Waals surface area contributed by atoms with Gasteiger partial charge in [0.05, 0.1) is 4.90 Å². The van der Waals surface area contributed by atoms with Gasteiger partial charge in [0.2, 0.25) is 16.0 Å². The van der Waals surface area contributed by atoms with Gasteiger partial charge >= 0.3 is 0 Å². The Morgan fingerprint density at radius 2 is 1.55 bits per heavy atom. The minimum atomic E-state index is -3.46. The molecule has 3 heterocycles. The molecular formula is C21H29N5O2S. The molecule has 1 aromatic heterocycles. The maximum absolute atomic E-state index is 13.0. The summed E-state index contributed by atoms with van der Waals surface area (Å²) in [5.74, 6) is 1.69. The predicted molar refractivity (Wildman–Crippen MR) is 115 cm³/mol. The van der Waals surface area contributed by atoms with E-state index < -0.39 is 10.0 Å². The summed E-state index contributed by atoms with van der Waals surface area (Å²) < 4.78 is 27.5. The van der Waals surface area contributed by atoms with E-state index >= 15 is 0 Å². The quantitative estimate of drug-likeness (QED) is 0.747. The van der Waals surface area contributed by atoms with Crippen LogP contribution in [-0.4, -0.2) is 62.0 Å². The van der Waals surface area contributed by atoms with Crippen LogP contribution < -0.4 is 9.80 Å². The zero-order valence-electron chi connectivity index (χ0n) is 17.2. The van der Waals surface area contributed by atoms with Crippen molar-refractivity contribution in [1.82, 2.24) is 14.3 Å². The number of hydrogen-bond acceptors (Lipinski definition) is 6. The fourth-order valence-electron chi connectivity index (χ4n) is 3.96. The molecule has 2 aromatic rings. The van der Waals surface area contributed by atoms with Crippen molar-refractivity contribution in [2.75, 3.05) is 49.1 Å². The first-order valence-corrected chi connectivity index (χ1v) is 11.9. The molecule has 2 fully saturated rings. The van der Waals surface area contributed by atoms with E-state index in [0.29, 0.717) is 37.0 Å². The predicted octanol–water partition coefficient (Wildman–Crippen LogP) is 2.46. The van der Waals surface area contributed by atoms with Crippen molar-refractivity contribution in [2.24, 2.45) is 0 Å². The Bertz CT molecular complexity index is 948. The highest BCUT2D eigenvalue weighted by Gasteiger charge is 2.29. The normalized spacial score (nSPS) is 18.4. The van der Waals surface area contributed by atoms with Crippen LogP contribution >= 0.6 is 0 Å². The molecule has 0 atom stereocenters. The molecule has 8 heteroatoms. The van der Waals surface area contributed by atoms with Gasteiger partial charge in [-0.2, -0.15) is 9.29 Å². The zero-order valence-corrected chi connectivity index (χ0v) is 18.0. The summed E-state index contributed by atoms with van der Waals surface area (Å²) in [6.45, 7) is 8.20. The van der Waals surface area contributed by atoms with Crippen molar-refractivity contribution < 1.29 is 8.42 Å². The van der Waals surface area contributed by atoms with Crippen LogP contribution in [0.4, 0.5) is 11.8 Å². The molecule has 2 aliphatic rings. The number of rotatable bonds is 5. The van der Waals surface area contributed by atoms with Gasteiger partial charge in [-0.1, -0.05) is 19.1 Å². The molecule has 0 saturated carbocycles. The number of sulfonamides is 1. The van der Waals surface area contributed by atoms with Gasteiger partial charge in [-0.25, -0.2) is 13.4 Å². The third-order valence-electron chi connectivity index (χ3n) is 5.75. The van der Waals surface area contributed by atoms with Gasteiger partial charge in [-0.05, 0) is 43.9 Å². The monoisotopic (exact) mass is 415 g/mol. The van der Waals surface area contributed by atoms with E-state index in [-0.39, 0.29) is 0 Å². The molecule has 0 radical (unpaired) electrons. The molecule has 2 saturated heterocycles. The number of aryl methyl sites for hydroxylation is 2. The third kappa shape index (κ3) is 4.23. The van der Waals surface area contributed by atoms with Gasteiger partial charge in [0.15, 0.2) is 0 Å². The van der Waals surface area contributed by atoms with E-state index in [1.807, 2.05) is 25.1 Å². The highest BCUT2D eigenvalue weighted by Crippen LogP contribution is 2.24. The van der Waals surface area contributed by atoms with Gasteiger partial charge < -0.3 is 9.80 Å². The van der Waals surface area contributed by atoms with Crippen molar-refractivity contribution in [1.29, 1.82) is 0 Å². The fourth-order valence-corrected chi connectivity index (χ4v) is 5.38. The molecule has 1 aromatic carbocycles. The summed E-state index contributed by atoms with van der Waals surface area (Å²) in [5, 5.41) is 0. The van der Waals surface area contributed by atoms with Crippen LogP contribution in [0.5, 0.6) is 0 Å². The molecule has 4 rings (SSSR count). The van der Waals surface area contributed by atoms with Gasteiger partial charge in [0.25, 0.3) is 0 Å². The average Bonchev–Trinajstić information content (AvgIpc) is 3.28. The smallest absolute Gasteiger partial charge is 0.243 e.